The van der Waals surface area contributed by atoms with Gasteiger partial charge in [0, 0.05) is 6.54 Å². The van der Waals surface area contributed by atoms with Crippen LogP contribution < -0.4 is 5.32 Å². The van der Waals surface area contributed by atoms with Crippen molar-refractivity contribution in [3.8, 4) is 0 Å². The normalized spacial score (nSPS) is 28.5. The summed E-state index contributed by atoms with van der Waals surface area (Å²) in [7, 11) is 0. The molecule has 1 aliphatic heterocycles. The number of hydrogen-bond donors (Lipinski definition) is 1. The number of carbonyl (C=O) groups is 1. The van der Waals surface area contributed by atoms with Gasteiger partial charge in [-0.3, -0.25) is 10.1 Å². The van der Waals surface area contributed by atoms with Crippen LogP contribution in [0.3, 0.4) is 0 Å². The Kier molecular flexibility index (Phi) is 3.72. The minimum Gasteiger partial charge on any atom is -0.326 e. The van der Waals surface area contributed by atoms with Crippen LogP contribution in [-0.4, -0.2) is 29.6 Å². The molecular weight excluding hydrogens is 164 g/mol. The van der Waals surface area contributed by atoms with Crippen LogP contribution in [0.5, 0.6) is 0 Å². The van der Waals surface area contributed by atoms with Crippen molar-refractivity contribution in [1.82, 2.24) is 10.2 Å². The maximum atomic E-state index is 11.8. The summed E-state index contributed by atoms with van der Waals surface area (Å²) in [5.41, 5.74) is 0. The predicted molar refractivity (Wildman–Crippen MR) is 53.3 cm³/mol. The van der Waals surface area contributed by atoms with Crippen molar-refractivity contribution in [3.63, 3.8) is 0 Å². The van der Waals surface area contributed by atoms with Crippen LogP contribution >= 0.6 is 0 Å². The molecule has 0 aromatic heterocycles. The lowest BCUT2D eigenvalue weighted by Gasteiger charge is -2.22. The third-order valence-corrected chi connectivity index (χ3v) is 2.61. The summed E-state index contributed by atoms with van der Waals surface area (Å²) in [6.45, 7) is 7.17. The van der Waals surface area contributed by atoms with Crippen molar-refractivity contribution in [1.29, 1.82) is 0 Å². The lowest BCUT2D eigenvalue weighted by Crippen LogP contribution is -2.37. The Morgan fingerprint density at radius 2 is 2.00 bits per heavy atom. The quantitative estimate of drug-likeness (QED) is 0.715. The van der Waals surface area contributed by atoms with E-state index in [1.54, 1.807) is 0 Å². The van der Waals surface area contributed by atoms with Gasteiger partial charge >= 0.3 is 0 Å². The van der Waals surface area contributed by atoms with Crippen molar-refractivity contribution in [2.75, 3.05) is 6.54 Å². The lowest BCUT2D eigenvalue weighted by molar-refractivity contribution is -0.130. The molecule has 13 heavy (non-hydrogen) atoms. The molecule has 1 fully saturated rings. The fraction of sp³-hybridized carbons (Fsp3) is 0.900. The van der Waals surface area contributed by atoms with Crippen LogP contribution in [0, 0.1) is 0 Å². The zero-order valence-electron chi connectivity index (χ0n) is 8.84. The highest BCUT2D eigenvalue weighted by atomic mass is 16.2. The number of amides is 1. The van der Waals surface area contributed by atoms with E-state index in [0.29, 0.717) is 0 Å². The number of hydrogen-bond acceptors (Lipinski definition) is 2. The zero-order valence-corrected chi connectivity index (χ0v) is 8.84. The summed E-state index contributed by atoms with van der Waals surface area (Å²) in [4.78, 5) is 13.7. The molecule has 0 aromatic carbocycles. The van der Waals surface area contributed by atoms with Gasteiger partial charge in [-0.2, -0.15) is 0 Å². The first-order valence-electron chi connectivity index (χ1n) is 5.31. The summed E-state index contributed by atoms with van der Waals surface area (Å²) >= 11 is 0. The molecule has 1 N–H and O–H groups in total. The molecule has 0 spiro atoms. The number of rotatable bonds is 4. The summed E-state index contributed by atoms with van der Waals surface area (Å²) in [6, 6.07) is 0.0662. The Morgan fingerprint density at radius 3 is 2.46 bits per heavy atom. The van der Waals surface area contributed by atoms with Gasteiger partial charge < -0.3 is 4.90 Å². The second kappa shape index (κ2) is 4.61. The second-order valence-corrected chi connectivity index (χ2v) is 3.58. The average molecular weight is 184 g/mol. The monoisotopic (exact) mass is 184 g/mol. The first-order chi connectivity index (χ1) is 6.24. The molecule has 1 saturated heterocycles. The average Bonchev–Trinajstić information content (AvgIpc) is 2.45. The van der Waals surface area contributed by atoms with E-state index in [9.17, 15) is 4.79 Å². The number of nitrogens with zero attached hydrogens (tertiary/aromatic N) is 1. The molecule has 3 heteroatoms. The van der Waals surface area contributed by atoms with E-state index in [-0.39, 0.29) is 18.1 Å². The number of nitrogens with one attached hydrogen (secondary N) is 1. The van der Waals surface area contributed by atoms with E-state index in [1.807, 2.05) is 4.90 Å². The third kappa shape index (κ3) is 2.02. The lowest BCUT2D eigenvalue weighted by atomic mass is 10.2. The standard InChI is InChI=1S/C10H20N2O/c1-4-7-12-9(6-3)11-8(5-2)10(12)13/h8-9,11H,4-7H2,1-3H3. The van der Waals surface area contributed by atoms with Gasteiger partial charge in [0.2, 0.25) is 5.91 Å². The Morgan fingerprint density at radius 1 is 1.31 bits per heavy atom. The minimum atomic E-state index is 0.0662. The van der Waals surface area contributed by atoms with Crippen LogP contribution in [0.2, 0.25) is 0 Å². The highest BCUT2D eigenvalue weighted by Gasteiger charge is 2.35. The first kappa shape index (κ1) is 10.5. The molecule has 0 aliphatic carbocycles. The highest BCUT2D eigenvalue weighted by molar-refractivity contribution is 5.84. The van der Waals surface area contributed by atoms with Crippen LogP contribution in [0.4, 0.5) is 0 Å². The SMILES string of the molecule is CCCN1C(=O)C(CC)NC1CC. The van der Waals surface area contributed by atoms with Gasteiger partial charge in [-0.25, -0.2) is 0 Å². The number of carbonyl (C=O) groups excluding carboxylic acids is 1. The predicted octanol–water partition coefficient (Wildman–Crippen LogP) is 1.34. The summed E-state index contributed by atoms with van der Waals surface area (Å²) in [6.07, 6.45) is 3.22. The summed E-state index contributed by atoms with van der Waals surface area (Å²) in [5, 5.41) is 3.35. The minimum absolute atomic E-state index is 0.0662. The largest absolute Gasteiger partial charge is 0.326 e. The van der Waals surface area contributed by atoms with E-state index in [0.717, 1.165) is 25.8 Å². The molecule has 0 saturated carbocycles. The fourth-order valence-corrected chi connectivity index (χ4v) is 1.88. The Bertz CT molecular complexity index is 182. The van der Waals surface area contributed by atoms with E-state index in [1.165, 1.54) is 0 Å². The van der Waals surface area contributed by atoms with Gasteiger partial charge in [0.15, 0.2) is 0 Å². The molecule has 0 bridgehead atoms. The van der Waals surface area contributed by atoms with E-state index >= 15 is 0 Å². The van der Waals surface area contributed by atoms with Crippen molar-refractivity contribution in [2.24, 2.45) is 0 Å². The summed E-state index contributed by atoms with van der Waals surface area (Å²) in [5.74, 6) is 0.288. The Balaban J connectivity index is 2.62. The highest BCUT2D eigenvalue weighted by Crippen LogP contribution is 2.15. The maximum absolute atomic E-state index is 11.8. The smallest absolute Gasteiger partial charge is 0.241 e. The maximum Gasteiger partial charge on any atom is 0.241 e. The fourth-order valence-electron chi connectivity index (χ4n) is 1.88. The van der Waals surface area contributed by atoms with E-state index in [2.05, 4.69) is 26.1 Å². The first-order valence-corrected chi connectivity index (χ1v) is 5.31. The van der Waals surface area contributed by atoms with E-state index in [4.69, 9.17) is 0 Å². The molecule has 1 aliphatic rings. The van der Waals surface area contributed by atoms with Gasteiger partial charge in [-0.15, -0.1) is 0 Å². The molecule has 3 nitrogen and oxygen atoms in total. The van der Waals surface area contributed by atoms with Crippen molar-refractivity contribution >= 4 is 5.91 Å². The van der Waals surface area contributed by atoms with Gasteiger partial charge in [-0.1, -0.05) is 20.8 Å². The molecule has 0 radical (unpaired) electrons. The van der Waals surface area contributed by atoms with Crippen LogP contribution in [0.1, 0.15) is 40.0 Å². The van der Waals surface area contributed by atoms with Crippen molar-refractivity contribution in [3.05, 3.63) is 0 Å². The van der Waals surface area contributed by atoms with Gasteiger partial charge in [0.1, 0.15) is 0 Å². The Labute approximate surface area is 80.5 Å². The molecule has 76 valence electrons. The molecule has 1 heterocycles. The van der Waals surface area contributed by atoms with Gasteiger partial charge in [-0.05, 0) is 19.3 Å². The third-order valence-electron chi connectivity index (χ3n) is 2.61. The van der Waals surface area contributed by atoms with Crippen LogP contribution in [0.15, 0.2) is 0 Å². The van der Waals surface area contributed by atoms with Gasteiger partial charge in [0.05, 0.1) is 12.2 Å². The van der Waals surface area contributed by atoms with Crippen molar-refractivity contribution in [2.45, 2.75) is 52.2 Å². The molecule has 1 rings (SSSR count). The van der Waals surface area contributed by atoms with Crippen LogP contribution in [0.25, 0.3) is 0 Å². The van der Waals surface area contributed by atoms with Crippen LogP contribution in [-0.2, 0) is 4.79 Å². The van der Waals surface area contributed by atoms with Gasteiger partial charge in [0.25, 0.3) is 0 Å². The van der Waals surface area contributed by atoms with Crippen molar-refractivity contribution < 1.29 is 4.79 Å². The molecule has 2 atom stereocenters. The molecule has 0 aromatic rings. The molecular formula is C10H20N2O. The summed E-state index contributed by atoms with van der Waals surface area (Å²) < 4.78 is 0. The zero-order chi connectivity index (χ0) is 9.84. The molecule has 2 unspecified atom stereocenters. The Hall–Kier alpha value is -0.570. The second-order valence-electron chi connectivity index (χ2n) is 3.58. The topological polar surface area (TPSA) is 32.3 Å². The molecule has 1 amide bonds. The van der Waals surface area contributed by atoms with E-state index < -0.39 is 0 Å².